The van der Waals surface area contributed by atoms with Gasteiger partial charge in [0.05, 0.1) is 27.5 Å². The zero-order valence-electron chi connectivity index (χ0n) is 12.4. The molecule has 8 heteroatoms. The van der Waals surface area contributed by atoms with Crippen LogP contribution in [0, 0.1) is 6.92 Å². The van der Waals surface area contributed by atoms with Crippen LogP contribution in [-0.2, 0) is 0 Å². The lowest BCUT2D eigenvalue weighted by Crippen LogP contribution is -2.14. The number of halogens is 2. The van der Waals surface area contributed by atoms with E-state index in [4.69, 9.17) is 23.2 Å². The molecule has 5 nitrogen and oxygen atoms in total. The number of aryl methyl sites for hydroxylation is 1. The van der Waals surface area contributed by atoms with Crippen molar-refractivity contribution in [3.8, 4) is 21.8 Å². The van der Waals surface area contributed by atoms with Crippen LogP contribution in [0.4, 0.5) is 0 Å². The first-order valence-electron chi connectivity index (χ1n) is 7.02. The van der Waals surface area contributed by atoms with Crippen molar-refractivity contribution in [2.75, 3.05) is 0 Å². The van der Waals surface area contributed by atoms with Crippen molar-refractivity contribution in [2.24, 2.45) is 0 Å². The summed E-state index contributed by atoms with van der Waals surface area (Å²) in [6.07, 6.45) is 3.44. The van der Waals surface area contributed by atoms with Gasteiger partial charge in [-0.05, 0) is 24.6 Å². The summed E-state index contributed by atoms with van der Waals surface area (Å²) in [5.41, 5.74) is 2.56. The van der Waals surface area contributed by atoms with E-state index >= 15 is 0 Å². The first-order valence-corrected chi connectivity index (χ1v) is 8.59. The molecule has 0 saturated heterocycles. The zero-order chi connectivity index (χ0) is 16.8. The van der Waals surface area contributed by atoms with Crippen LogP contribution < -0.4 is 5.56 Å². The average Bonchev–Trinajstić information content (AvgIpc) is 3.16. The summed E-state index contributed by atoms with van der Waals surface area (Å²) in [6, 6.07) is 6.70. The summed E-state index contributed by atoms with van der Waals surface area (Å²) < 4.78 is 1.33. The Balaban J connectivity index is 1.95. The standard InChI is InChI=1S/C16H10Cl2N4OS/c1-8-6-19-16(24-8)10-7-20-22-14(23)5-13(21-15(10)22)9-2-3-11(17)12(18)4-9/h2-7,21H,1H3. The molecule has 0 aliphatic heterocycles. The lowest BCUT2D eigenvalue weighted by atomic mass is 10.1. The number of benzene rings is 1. The van der Waals surface area contributed by atoms with E-state index in [1.807, 2.05) is 6.92 Å². The molecule has 0 radical (unpaired) electrons. The predicted molar refractivity (Wildman–Crippen MR) is 97.1 cm³/mol. The molecule has 0 amide bonds. The highest BCUT2D eigenvalue weighted by molar-refractivity contribution is 7.15. The number of nitrogens with zero attached hydrogens (tertiary/aromatic N) is 3. The third-order valence-electron chi connectivity index (χ3n) is 3.58. The number of fused-ring (bicyclic) bond motifs is 1. The van der Waals surface area contributed by atoms with Crippen LogP contribution in [-0.4, -0.2) is 19.6 Å². The maximum atomic E-state index is 12.4. The third kappa shape index (κ3) is 2.53. The fourth-order valence-corrected chi connectivity index (χ4v) is 3.51. The maximum Gasteiger partial charge on any atom is 0.274 e. The Morgan fingerprint density at radius 3 is 2.71 bits per heavy atom. The average molecular weight is 377 g/mol. The highest BCUT2D eigenvalue weighted by atomic mass is 35.5. The van der Waals surface area contributed by atoms with Crippen LogP contribution in [0.3, 0.4) is 0 Å². The molecule has 1 aromatic carbocycles. The third-order valence-corrected chi connectivity index (χ3v) is 5.27. The van der Waals surface area contributed by atoms with Gasteiger partial charge in [-0.1, -0.05) is 29.3 Å². The molecule has 24 heavy (non-hydrogen) atoms. The minimum Gasteiger partial charge on any atom is -0.339 e. The quantitative estimate of drug-likeness (QED) is 0.562. The molecule has 0 unspecified atom stereocenters. The van der Waals surface area contributed by atoms with Gasteiger partial charge in [-0.3, -0.25) is 4.79 Å². The van der Waals surface area contributed by atoms with E-state index in [1.54, 1.807) is 41.9 Å². The second-order valence-electron chi connectivity index (χ2n) is 5.24. The second kappa shape index (κ2) is 5.73. The summed E-state index contributed by atoms with van der Waals surface area (Å²) in [6.45, 7) is 1.98. The Labute approximate surface area is 150 Å². The highest BCUT2D eigenvalue weighted by Crippen LogP contribution is 2.30. The first-order chi connectivity index (χ1) is 11.5. The summed E-state index contributed by atoms with van der Waals surface area (Å²) in [4.78, 5) is 21.1. The van der Waals surface area contributed by atoms with Gasteiger partial charge < -0.3 is 4.98 Å². The van der Waals surface area contributed by atoms with Crippen LogP contribution >= 0.6 is 34.5 Å². The second-order valence-corrected chi connectivity index (χ2v) is 7.29. The van der Waals surface area contributed by atoms with Gasteiger partial charge in [0.1, 0.15) is 10.7 Å². The number of hydrogen-bond donors (Lipinski definition) is 1. The first kappa shape index (κ1) is 15.4. The monoisotopic (exact) mass is 376 g/mol. The van der Waals surface area contributed by atoms with Gasteiger partial charge in [0.25, 0.3) is 5.56 Å². The molecule has 0 atom stereocenters. The van der Waals surface area contributed by atoms with Gasteiger partial charge >= 0.3 is 0 Å². The van der Waals surface area contributed by atoms with Crippen molar-refractivity contribution in [1.29, 1.82) is 0 Å². The largest absolute Gasteiger partial charge is 0.339 e. The Bertz CT molecular complexity index is 1130. The number of rotatable bonds is 2. The minimum absolute atomic E-state index is 0.232. The van der Waals surface area contributed by atoms with Gasteiger partial charge in [0, 0.05) is 17.1 Å². The molecule has 3 heterocycles. The summed E-state index contributed by atoms with van der Waals surface area (Å²) >= 11 is 13.6. The fourth-order valence-electron chi connectivity index (χ4n) is 2.44. The van der Waals surface area contributed by atoms with E-state index in [0.717, 1.165) is 21.0 Å². The molecular formula is C16H10Cl2N4OS. The Hall–Kier alpha value is -2.15. The molecule has 1 N–H and O–H groups in total. The molecule has 3 aromatic heterocycles. The molecule has 4 aromatic rings. The molecule has 0 fully saturated rings. The highest BCUT2D eigenvalue weighted by Gasteiger charge is 2.14. The lowest BCUT2D eigenvalue weighted by molar-refractivity contribution is 0.901. The topological polar surface area (TPSA) is 63.1 Å². The molecule has 120 valence electrons. The van der Waals surface area contributed by atoms with E-state index in [9.17, 15) is 4.79 Å². The Morgan fingerprint density at radius 1 is 1.17 bits per heavy atom. The lowest BCUT2D eigenvalue weighted by Gasteiger charge is -2.05. The van der Waals surface area contributed by atoms with E-state index in [-0.39, 0.29) is 5.56 Å². The normalized spacial score (nSPS) is 11.3. The summed E-state index contributed by atoms with van der Waals surface area (Å²) in [5, 5.41) is 5.87. The van der Waals surface area contributed by atoms with Gasteiger partial charge in [0.15, 0.2) is 0 Å². The van der Waals surface area contributed by atoms with E-state index in [2.05, 4.69) is 15.1 Å². The van der Waals surface area contributed by atoms with Crippen molar-refractivity contribution in [2.45, 2.75) is 6.92 Å². The molecule has 0 bridgehead atoms. The van der Waals surface area contributed by atoms with Crippen molar-refractivity contribution in [3.05, 3.63) is 61.9 Å². The van der Waals surface area contributed by atoms with E-state index in [0.29, 0.717) is 21.4 Å². The van der Waals surface area contributed by atoms with Gasteiger partial charge in [0.2, 0.25) is 0 Å². The van der Waals surface area contributed by atoms with Crippen LogP contribution in [0.25, 0.3) is 27.5 Å². The summed E-state index contributed by atoms with van der Waals surface area (Å²) in [5.74, 6) is 0. The molecule has 0 aliphatic carbocycles. The molecule has 0 aliphatic rings. The van der Waals surface area contributed by atoms with Crippen LogP contribution in [0.15, 0.2) is 41.5 Å². The molecule has 4 rings (SSSR count). The van der Waals surface area contributed by atoms with Crippen molar-refractivity contribution in [1.82, 2.24) is 19.6 Å². The van der Waals surface area contributed by atoms with Gasteiger partial charge in [-0.2, -0.15) is 9.61 Å². The number of thiazole rings is 1. The van der Waals surface area contributed by atoms with Crippen molar-refractivity contribution in [3.63, 3.8) is 0 Å². The maximum absolute atomic E-state index is 12.4. The SMILES string of the molecule is Cc1cnc(-c2cnn3c(=O)cc(-c4ccc(Cl)c(Cl)c4)[nH]c23)s1. The Morgan fingerprint density at radius 2 is 2.00 bits per heavy atom. The van der Waals surface area contributed by atoms with Crippen LogP contribution in [0.2, 0.25) is 10.0 Å². The summed E-state index contributed by atoms with van der Waals surface area (Å²) in [7, 11) is 0. The van der Waals surface area contributed by atoms with Crippen LogP contribution in [0.1, 0.15) is 4.88 Å². The zero-order valence-corrected chi connectivity index (χ0v) is 14.7. The van der Waals surface area contributed by atoms with E-state index < -0.39 is 0 Å². The molecule has 0 spiro atoms. The van der Waals surface area contributed by atoms with Crippen LogP contribution in [0.5, 0.6) is 0 Å². The smallest absolute Gasteiger partial charge is 0.274 e. The fraction of sp³-hybridized carbons (Fsp3) is 0.0625. The van der Waals surface area contributed by atoms with Gasteiger partial charge in [-0.15, -0.1) is 11.3 Å². The Kier molecular flexibility index (Phi) is 3.68. The molecular weight excluding hydrogens is 367 g/mol. The number of aromatic nitrogens is 4. The number of nitrogens with one attached hydrogen (secondary N) is 1. The molecule has 0 saturated carbocycles. The van der Waals surface area contributed by atoms with Crippen molar-refractivity contribution >= 4 is 40.2 Å². The minimum atomic E-state index is -0.232. The number of H-pyrrole nitrogens is 1. The number of aromatic amines is 1. The van der Waals surface area contributed by atoms with Gasteiger partial charge in [-0.25, -0.2) is 4.98 Å². The number of hydrogen-bond acceptors (Lipinski definition) is 4. The van der Waals surface area contributed by atoms with E-state index in [1.165, 1.54) is 10.6 Å². The predicted octanol–water partition coefficient (Wildman–Crippen LogP) is 4.43. The van der Waals surface area contributed by atoms with Crippen molar-refractivity contribution < 1.29 is 0 Å².